The van der Waals surface area contributed by atoms with Gasteiger partial charge in [-0.15, -0.1) is 11.6 Å². The molecule has 1 fully saturated rings. The summed E-state index contributed by atoms with van der Waals surface area (Å²) in [5.41, 5.74) is 0. The molecule has 0 radical (unpaired) electrons. The van der Waals surface area contributed by atoms with Crippen molar-refractivity contribution >= 4 is 21.6 Å². The van der Waals surface area contributed by atoms with Crippen molar-refractivity contribution in [3.63, 3.8) is 0 Å². The molecule has 0 aromatic carbocycles. The largest absolute Gasteiger partial charge is 0.381 e. The van der Waals surface area contributed by atoms with Gasteiger partial charge in [0, 0.05) is 19.0 Å². The third-order valence-electron chi connectivity index (χ3n) is 3.53. The van der Waals surface area contributed by atoms with Crippen molar-refractivity contribution in [2.45, 2.75) is 32.6 Å². The molecule has 1 aliphatic rings. The van der Waals surface area contributed by atoms with Gasteiger partial charge < -0.3 is 4.74 Å². The number of nitrogens with one attached hydrogen (secondary N) is 1. The van der Waals surface area contributed by atoms with Gasteiger partial charge in [-0.3, -0.25) is 0 Å². The molecule has 6 heteroatoms. The first-order valence-corrected chi connectivity index (χ1v) is 8.88. The van der Waals surface area contributed by atoms with Gasteiger partial charge in [0.25, 0.3) is 0 Å². The summed E-state index contributed by atoms with van der Waals surface area (Å²) in [6.07, 6.45) is 4.59. The van der Waals surface area contributed by atoms with Crippen molar-refractivity contribution < 1.29 is 13.2 Å². The number of sulfonamides is 1. The summed E-state index contributed by atoms with van der Waals surface area (Å²) in [6.45, 7) is 3.18. The number of rotatable bonds is 8. The highest BCUT2D eigenvalue weighted by molar-refractivity contribution is 7.89. The lowest BCUT2D eigenvalue weighted by Gasteiger charge is -2.30. The zero-order chi connectivity index (χ0) is 13.4. The Balaban J connectivity index is 2.33. The summed E-state index contributed by atoms with van der Waals surface area (Å²) in [4.78, 5) is 0. The molecule has 18 heavy (non-hydrogen) atoms. The van der Waals surface area contributed by atoms with Crippen LogP contribution >= 0.6 is 11.6 Å². The summed E-state index contributed by atoms with van der Waals surface area (Å²) < 4.78 is 31.2. The maximum absolute atomic E-state index is 11.7. The highest BCUT2D eigenvalue weighted by atomic mass is 35.5. The molecule has 0 aromatic heterocycles. The van der Waals surface area contributed by atoms with Crippen molar-refractivity contribution in [3.8, 4) is 0 Å². The molecule has 2 atom stereocenters. The molecular formula is C12H24ClNO3S. The SMILES string of the molecule is CCOCCS(=O)(=O)NCC1CCCCC1CCl. The van der Waals surface area contributed by atoms with Crippen molar-refractivity contribution in [3.05, 3.63) is 0 Å². The highest BCUT2D eigenvalue weighted by Gasteiger charge is 2.25. The van der Waals surface area contributed by atoms with Gasteiger partial charge >= 0.3 is 0 Å². The fourth-order valence-electron chi connectivity index (χ4n) is 2.38. The Morgan fingerprint density at radius 2 is 1.94 bits per heavy atom. The lowest BCUT2D eigenvalue weighted by atomic mass is 9.80. The Morgan fingerprint density at radius 1 is 1.28 bits per heavy atom. The monoisotopic (exact) mass is 297 g/mol. The van der Waals surface area contributed by atoms with Crippen LogP contribution in [0.3, 0.4) is 0 Å². The molecule has 108 valence electrons. The van der Waals surface area contributed by atoms with E-state index in [2.05, 4.69) is 4.72 Å². The van der Waals surface area contributed by atoms with Crippen LogP contribution in [0.4, 0.5) is 0 Å². The second-order valence-corrected chi connectivity index (χ2v) is 7.06. The zero-order valence-electron chi connectivity index (χ0n) is 11.0. The Bertz CT molecular complexity index is 321. The average molecular weight is 298 g/mol. The van der Waals surface area contributed by atoms with Crippen LogP contribution in [0.2, 0.25) is 0 Å². The van der Waals surface area contributed by atoms with E-state index in [0.29, 0.717) is 30.9 Å². The molecule has 1 N–H and O–H groups in total. The molecule has 0 heterocycles. The topological polar surface area (TPSA) is 55.4 Å². The number of ether oxygens (including phenoxy) is 1. The number of halogens is 1. The molecular weight excluding hydrogens is 274 g/mol. The van der Waals surface area contributed by atoms with E-state index < -0.39 is 10.0 Å². The molecule has 0 bridgehead atoms. The average Bonchev–Trinajstić information content (AvgIpc) is 2.37. The van der Waals surface area contributed by atoms with Crippen LogP contribution in [0.1, 0.15) is 32.6 Å². The molecule has 0 spiro atoms. The van der Waals surface area contributed by atoms with E-state index in [9.17, 15) is 8.42 Å². The third kappa shape index (κ3) is 5.87. The van der Waals surface area contributed by atoms with E-state index in [-0.39, 0.29) is 12.4 Å². The first-order valence-electron chi connectivity index (χ1n) is 6.70. The summed E-state index contributed by atoms with van der Waals surface area (Å²) in [6, 6.07) is 0. The van der Waals surface area contributed by atoms with Crippen LogP contribution in [0, 0.1) is 11.8 Å². The van der Waals surface area contributed by atoms with Crippen LogP contribution in [-0.2, 0) is 14.8 Å². The van der Waals surface area contributed by atoms with Crippen LogP contribution in [0.5, 0.6) is 0 Å². The number of alkyl halides is 1. The maximum Gasteiger partial charge on any atom is 0.213 e. The van der Waals surface area contributed by atoms with Crippen molar-refractivity contribution in [1.29, 1.82) is 0 Å². The molecule has 0 saturated heterocycles. The van der Waals surface area contributed by atoms with Crippen LogP contribution in [0.25, 0.3) is 0 Å². The molecule has 2 unspecified atom stereocenters. The van der Waals surface area contributed by atoms with Crippen molar-refractivity contribution in [1.82, 2.24) is 4.72 Å². The standard InChI is InChI=1S/C12H24ClNO3S/c1-2-17-7-8-18(15,16)14-10-12-6-4-3-5-11(12)9-13/h11-12,14H,2-10H2,1H3. The fraction of sp³-hybridized carbons (Fsp3) is 1.00. The first kappa shape index (κ1) is 16.2. The van der Waals surface area contributed by atoms with Crippen molar-refractivity contribution in [2.24, 2.45) is 11.8 Å². The van der Waals surface area contributed by atoms with Gasteiger partial charge in [-0.25, -0.2) is 13.1 Å². The summed E-state index contributed by atoms with van der Waals surface area (Å²) in [5.74, 6) is 1.51. The molecule has 0 amide bonds. The van der Waals surface area contributed by atoms with Gasteiger partial charge in [0.1, 0.15) is 0 Å². The number of hydrogen-bond acceptors (Lipinski definition) is 3. The first-order chi connectivity index (χ1) is 8.59. The second-order valence-electron chi connectivity index (χ2n) is 4.82. The molecule has 0 aromatic rings. The van der Waals surface area contributed by atoms with Gasteiger partial charge in [-0.05, 0) is 31.6 Å². The normalized spacial score (nSPS) is 25.2. The van der Waals surface area contributed by atoms with Crippen LogP contribution < -0.4 is 4.72 Å². The molecule has 1 saturated carbocycles. The predicted molar refractivity (Wildman–Crippen MR) is 74.5 cm³/mol. The highest BCUT2D eigenvalue weighted by Crippen LogP contribution is 2.30. The minimum absolute atomic E-state index is 0.0408. The summed E-state index contributed by atoms with van der Waals surface area (Å²) in [5, 5.41) is 0. The molecule has 1 rings (SSSR count). The van der Waals surface area contributed by atoms with E-state index in [1.165, 1.54) is 12.8 Å². The van der Waals surface area contributed by atoms with Crippen LogP contribution in [0.15, 0.2) is 0 Å². The molecule has 4 nitrogen and oxygen atoms in total. The Morgan fingerprint density at radius 3 is 2.56 bits per heavy atom. The smallest absolute Gasteiger partial charge is 0.213 e. The Hall–Kier alpha value is 0.160. The minimum atomic E-state index is -3.20. The molecule has 0 aliphatic heterocycles. The van der Waals surface area contributed by atoms with E-state index >= 15 is 0 Å². The van der Waals surface area contributed by atoms with Crippen LogP contribution in [-0.4, -0.2) is 39.8 Å². The lowest BCUT2D eigenvalue weighted by molar-refractivity contribution is 0.163. The maximum atomic E-state index is 11.7. The predicted octanol–water partition coefficient (Wildman–Crippen LogP) is 1.99. The quantitative estimate of drug-likeness (QED) is 0.551. The number of hydrogen-bond donors (Lipinski definition) is 1. The third-order valence-corrected chi connectivity index (χ3v) is 5.24. The molecule has 1 aliphatic carbocycles. The van der Waals surface area contributed by atoms with Gasteiger partial charge in [0.2, 0.25) is 10.0 Å². The van der Waals surface area contributed by atoms with Gasteiger partial charge in [-0.2, -0.15) is 0 Å². The fourth-order valence-corrected chi connectivity index (χ4v) is 3.73. The van der Waals surface area contributed by atoms with E-state index in [0.717, 1.165) is 12.8 Å². The van der Waals surface area contributed by atoms with Gasteiger partial charge in [0.05, 0.1) is 12.4 Å². The van der Waals surface area contributed by atoms with Gasteiger partial charge in [-0.1, -0.05) is 12.8 Å². The Labute approximate surface area is 115 Å². The van der Waals surface area contributed by atoms with E-state index in [1.807, 2.05) is 6.92 Å². The van der Waals surface area contributed by atoms with E-state index in [1.54, 1.807) is 0 Å². The minimum Gasteiger partial charge on any atom is -0.381 e. The Kier molecular flexibility index (Phi) is 7.53. The van der Waals surface area contributed by atoms with E-state index in [4.69, 9.17) is 16.3 Å². The van der Waals surface area contributed by atoms with Crippen molar-refractivity contribution in [2.75, 3.05) is 31.4 Å². The van der Waals surface area contributed by atoms with Gasteiger partial charge in [0.15, 0.2) is 0 Å². The lowest BCUT2D eigenvalue weighted by Crippen LogP contribution is -2.36. The summed E-state index contributed by atoms with van der Waals surface area (Å²) in [7, 11) is -3.20. The zero-order valence-corrected chi connectivity index (χ0v) is 12.6. The summed E-state index contributed by atoms with van der Waals surface area (Å²) >= 11 is 5.93. The second kappa shape index (κ2) is 8.35.